The topological polar surface area (TPSA) is 17.1 Å². The molecular weight excluding hydrogens is 435 g/mol. The summed E-state index contributed by atoms with van der Waals surface area (Å²) in [7, 11) is 0. The Labute approximate surface area is 189 Å². The Balaban J connectivity index is 1.36. The van der Waals surface area contributed by atoms with Crippen LogP contribution in [-0.2, 0) is 11.8 Å². The van der Waals surface area contributed by atoms with Crippen LogP contribution in [-0.4, -0.2) is 11.0 Å². The van der Waals surface area contributed by atoms with Gasteiger partial charge in [-0.2, -0.15) is 0 Å². The van der Waals surface area contributed by atoms with E-state index in [4.69, 9.17) is 11.6 Å². The zero-order chi connectivity index (χ0) is 20.9. The molecule has 0 bridgehead atoms. The highest BCUT2D eigenvalue weighted by atomic mass is 35.5. The maximum atomic E-state index is 13.1. The molecule has 0 spiro atoms. The Morgan fingerprint density at radius 3 is 2.57 bits per heavy atom. The molecule has 1 nitrogen and oxygen atoms in total. The van der Waals surface area contributed by atoms with Crippen LogP contribution in [0, 0.1) is 11.7 Å². The number of benzene rings is 2. The van der Waals surface area contributed by atoms with Crippen LogP contribution in [0.1, 0.15) is 23.2 Å². The van der Waals surface area contributed by atoms with Gasteiger partial charge in [-0.25, -0.2) is 4.39 Å². The average molecular weight is 456 g/mol. The van der Waals surface area contributed by atoms with E-state index in [1.807, 2.05) is 48.6 Å². The van der Waals surface area contributed by atoms with Crippen molar-refractivity contribution < 1.29 is 9.18 Å². The van der Waals surface area contributed by atoms with Crippen LogP contribution < -0.4 is 0 Å². The van der Waals surface area contributed by atoms with E-state index in [1.54, 1.807) is 17.8 Å². The molecule has 2 unspecified atom stereocenters. The molecule has 5 heteroatoms. The molecular formula is C25H21ClFOS2+. The molecule has 0 saturated carbocycles. The third-order valence-electron chi connectivity index (χ3n) is 4.94. The molecule has 0 radical (unpaired) electrons. The number of hydrogen-bond acceptors (Lipinski definition) is 2. The van der Waals surface area contributed by atoms with Gasteiger partial charge in [0.15, 0.2) is 15.6 Å². The molecule has 0 fully saturated rings. The van der Waals surface area contributed by atoms with E-state index >= 15 is 0 Å². The Hall–Kier alpha value is -2.01. The van der Waals surface area contributed by atoms with E-state index in [0.29, 0.717) is 15.8 Å². The van der Waals surface area contributed by atoms with Gasteiger partial charge in [0.1, 0.15) is 5.82 Å². The Kier molecular flexibility index (Phi) is 6.98. The van der Waals surface area contributed by atoms with Crippen LogP contribution in [0.4, 0.5) is 4.39 Å². The minimum absolute atomic E-state index is 0.102. The maximum absolute atomic E-state index is 13.1. The lowest BCUT2D eigenvalue weighted by Crippen LogP contribution is -2.13. The van der Waals surface area contributed by atoms with Crippen LogP contribution >= 0.6 is 23.4 Å². The molecule has 0 aliphatic heterocycles. The number of allylic oxidation sites excluding steroid dienone is 6. The predicted octanol–water partition coefficient (Wildman–Crippen LogP) is 6.97. The van der Waals surface area contributed by atoms with Crippen LogP contribution in [0.15, 0.2) is 99.7 Å². The van der Waals surface area contributed by atoms with E-state index in [-0.39, 0.29) is 17.5 Å². The second kappa shape index (κ2) is 9.86. The molecule has 0 heterocycles. The van der Waals surface area contributed by atoms with Gasteiger partial charge in [0, 0.05) is 33.4 Å². The van der Waals surface area contributed by atoms with E-state index < -0.39 is 0 Å². The summed E-state index contributed by atoms with van der Waals surface area (Å²) in [4.78, 5) is 15.9. The Bertz CT molecular complexity index is 1050. The molecule has 2 atom stereocenters. The van der Waals surface area contributed by atoms with Gasteiger partial charge in [0.2, 0.25) is 0 Å². The lowest BCUT2D eigenvalue weighted by molar-refractivity contribution is 0.0945. The van der Waals surface area contributed by atoms with Crippen LogP contribution in [0.3, 0.4) is 0 Å². The van der Waals surface area contributed by atoms with Crippen molar-refractivity contribution in [1.82, 2.24) is 0 Å². The number of hydrogen-bond donors (Lipinski definition) is 0. The number of Topliss-reactive ketones (excluding diaryl/α,β-unsaturated/α-hetero) is 1. The summed E-state index contributed by atoms with van der Waals surface area (Å²) in [6.07, 6.45) is 16.0. The van der Waals surface area contributed by atoms with Gasteiger partial charge < -0.3 is 0 Å². The second-order valence-corrected chi connectivity index (χ2v) is 10.1. The summed E-state index contributed by atoms with van der Waals surface area (Å²) in [6.45, 7) is 0. The fourth-order valence-electron chi connectivity index (χ4n) is 3.33. The summed E-state index contributed by atoms with van der Waals surface area (Å²) in [5, 5.41) is 0.913. The van der Waals surface area contributed by atoms with E-state index in [0.717, 1.165) is 34.4 Å². The fourth-order valence-corrected chi connectivity index (χ4v) is 5.59. The number of thioether (sulfide) groups is 1. The van der Waals surface area contributed by atoms with Gasteiger partial charge in [-0.05, 0) is 61.4 Å². The summed E-state index contributed by atoms with van der Waals surface area (Å²) in [6, 6.07) is 12.2. The third-order valence-corrected chi connectivity index (χ3v) is 7.77. The smallest absolute Gasteiger partial charge is 0.170 e. The maximum Gasteiger partial charge on any atom is 0.170 e. The standard InChI is InChI=1S/C25H20ClFOS2/c26-23-16-18(25(28)17-4-2-1-3-5-17)6-15-24(23)30-22-13-11-21(12-14-22)29-20-9-7-19(27)8-10-20/h1-4,6-13,15-17,22H,5,14H2/p+1. The summed E-state index contributed by atoms with van der Waals surface area (Å²) in [5.74, 6) is -0.205. The molecule has 30 heavy (non-hydrogen) atoms. The van der Waals surface area contributed by atoms with Gasteiger partial charge in [-0.3, -0.25) is 4.79 Å². The van der Waals surface area contributed by atoms with Crippen LogP contribution in [0.25, 0.3) is 0 Å². The highest BCUT2D eigenvalue weighted by Gasteiger charge is 2.20. The Morgan fingerprint density at radius 1 is 1.07 bits per heavy atom. The van der Waals surface area contributed by atoms with Crippen LogP contribution in [0.2, 0.25) is 5.02 Å². The average Bonchev–Trinajstić information content (AvgIpc) is 2.78. The minimum atomic E-state index is -0.213. The first-order chi connectivity index (χ1) is 14.6. The SMILES string of the molecule is O=C(c1ccc(SC2C=CC([SH+]c3ccc(F)cc3)=CC2)c(Cl)c1)C1C=CC=CC1. The predicted molar refractivity (Wildman–Crippen MR) is 127 cm³/mol. The van der Waals surface area contributed by atoms with Crippen molar-refractivity contribution in [3.8, 4) is 0 Å². The molecule has 2 aliphatic rings. The zero-order valence-corrected chi connectivity index (χ0v) is 18.6. The summed E-state index contributed by atoms with van der Waals surface area (Å²) >= 11 is 9.29. The first kappa shape index (κ1) is 21.2. The van der Waals surface area contributed by atoms with E-state index in [1.165, 1.54) is 17.0 Å². The number of ketones is 1. The van der Waals surface area contributed by atoms with Crippen molar-refractivity contribution in [2.75, 3.05) is 0 Å². The van der Waals surface area contributed by atoms with Gasteiger partial charge in [-0.1, -0.05) is 48.0 Å². The van der Waals surface area contributed by atoms with Crippen molar-refractivity contribution in [3.05, 3.63) is 106 Å². The fraction of sp³-hybridized carbons (Fsp3) is 0.160. The zero-order valence-electron chi connectivity index (χ0n) is 16.2. The quantitative estimate of drug-likeness (QED) is 0.265. The summed E-state index contributed by atoms with van der Waals surface area (Å²) in [5.41, 5.74) is 0.661. The van der Waals surface area contributed by atoms with Crippen molar-refractivity contribution >= 4 is 40.9 Å². The highest BCUT2D eigenvalue weighted by molar-refractivity contribution is 8.00. The third kappa shape index (κ3) is 5.37. The van der Waals surface area contributed by atoms with Crippen molar-refractivity contribution in [3.63, 3.8) is 0 Å². The van der Waals surface area contributed by atoms with E-state index in [2.05, 4.69) is 18.2 Å². The molecule has 152 valence electrons. The van der Waals surface area contributed by atoms with Crippen molar-refractivity contribution in [1.29, 1.82) is 0 Å². The first-order valence-corrected chi connectivity index (χ1v) is 11.9. The molecule has 0 aromatic heterocycles. The number of carbonyl (C=O) groups excluding carboxylic acids is 1. The van der Waals surface area contributed by atoms with Gasteiger partial charge in [0.05, 0.1) is 5.02 Å². The highest BCUT2D eigenvalue weighted by Crippen LogP contribution is 2.35. The second-order valence-electron chi connectivity index (χ2n) is 7.13. The monoisotopic (exact) mass is 455 g/mol. The molecule has 2 aromatic rings. The van der Waals surface area contributed by atoms with E-state index in [9.17, 15) is 9.18 Å². The molecule has 0 amide bonds. The van der Waals surface area contributed by atoms with Crippen LogP contribution in [0.5, 0.6) is 0 Å². The van der Waals surface area contributed by atoms with Gasteiger partial charge >= 0.3 is 0 Å². The van der Waals surface area contributed by atoms with Gasteiger partial charge in [0.25, 0.3) is 0 Å². The van der Waals surface area contributed by atoms with Crippen molar-refractivity contribution in [2.24, 2.45) is 5.92 Å². The number of carbonyl (C=O) groups is 1. The van der Waals surface area contributed by atoms with Crippen molar-refractivity contribution in [2.45, 2.75) is 27.9 Å². The number of halogens is 2. The molecule has 0 N–H and O–H groups in total. The summed E-state index contributed by atoms with van der Waals surface area (Å²) < 4.78 is 13.1. The first-order valence-electron chi connectivity index (χ1n) is 9.78. The molecule has 2 aliphatic carbocycles. The Morgan fingerprint density at radius 2 is 1.90 bits per heavy atom. The molecule has 0 saturated heterocycles. The lowest BCUT2D eigenvalue weighted by Gasteiger charge is -2.16. The normalized spacial score (nSPS) is 20.3. The lowest BCUT2D eigenvalue weighted by atomic mass is 9.92. The number of rotatable bonds is 6. The minimum Gasteiger partial charge on any atom is -0.294 e. The molecule has 4 rings (SSSR count). The number of thiol groups is 1. The largest absolute Gasteiger partial charge is 0.294 e. The van der Waals surface area contributed by atoms with Gasteiger partial charge in [-0.15, -0.1) is 11.8 Å². The molecule has 2 aromatic carbocycles.